The number of anilines is 1. The zero-order chi connectivity index (χ0) is 14.2. The highest BCUT2D eigenvalue weighted by Crippen LogP contribution is 2.34. The Balaban J connectivity index is 1.73. The molecule has 8 heteroatoms. The monoisotopic (exact) mass is 285 g/mol. The Bertz CT molecular complexity index is 516. The summed E-state index contributed by atoms with van der Waals surface area (Å²) in [6.45, 7) is 1.14. The lowest BCUT2D eigenvalue weighted by Crippen LogP contribution is -2.59. The first kappa shape index (κ1) is 13.0. The number of hydrazone groups is 1. The summed E-state index contributed by atoms with van der Waals surface area (Å²) in [5, 5.41) is 9.99. The van der Waals surface area contributed by atoms with Crippen molar-refractivity contribution in [1.82, 2.24) is 15.6 Å². The van der Waals surface area contributed by atoms with Gasteiger partial charge < -0.3 is 10.2 Å². The number of hydrogen-bond donors (Lipinski definition) is 3. The molecule has 0 spiro atoms. The maximum atomic E-state index is 12.9. The maximum Gasteiger partial charge on any atom is 0.418 e. The molecule has 0 aliphatic carbocycles. The minimum absolute atomic E-state index is 0.0749. The fourth-order valence-corrected chi connectivity index (χ4v) is 2.36. The second-order valence-electron chi connectivity index (χ2n) is 4.73. The van der Waals surface area contributed by atoms with Gasteiger partial charge in [0.2, 0.25) is 0 Å². The molecule has 1 saturated heterocycles. The van der Waals surface area contributed by atoms with Gasteiger partial charge in [-0.1, -0.05) is 12.1 Å². The topological polar surface area (TPSA) is 51.7 Å². The molecule has 3 rings (SSSR count). The first-order valence-corrected chi connectivity index (χ1v) is 6.24. The molecule has 2 aliphatic rings. The lowest BCUT2D eigenvalue weighted by molar-refractivity contribution is -0.137. The molecule has 1 aromatic rings. The third-order valence-electron chi connectivity index (χ3n) is 3.34. The van der Waals surface area contributed by atoms with Gasteiger partial charge in [0.1, 0.15) is 12.5 Å². The lowest BCUT2D eigenvalue weighted by atomic mass is 10.1. The van der Waals surface area contributed by atoms with E-state index in [-0.39, 0.29) is 18.0 Å². The molecular formula is C12H14F3N5. The third-order valence-corrected chi connectivity index (χ3v) is 3.34. The molecule has 108 valence electrons. The first-order chi connectivity index (χ1) is 9.54. The van der Waals surface area contributed by atoms with Crippen molar-refractivity contribution in [3.63, 3.8) is 0 Å². The molecule has 0 aromatic heterocycles. The molecule has 5 nitrogen and oxygen atoms in total. The van der Waals surface area contributed by atoms with Crippen LogP contribution in [0.25, 0.3) is 0 Å². The predicted octanol–water partition coefficient (Wildman–Crippen LogP) is 1.22. The van der Waals surface area contributed by atoms with E-state index >= 15 is 0 Å². The number of hydrogen-bond acceptors (Lipinski definition) is 5. The summed E-state index contributed by atoms with van der Waals surface area (Å²) in [5.41, 5.74) is 2.33. The number of piperazine rings is 1. The second kappa shape index (κ2) is 4.86. The van der Waals surface area contributed by atoms with Gasteiger partial charge in [-0.2, -0.15) is 18.3 Å². The smallest absolute Gasteiger partial charge is 0.368 e. The van der Waals surface area contributed by atoms with E-state index in [2.05, 4.69) is 21.2 Å². The van der Waals surface area contributed by atoms with Gasteiger partial charge in [-0.05, 0) is 12.1 Å². The van der Waals surface area contributed by atoms with Crippen molar-refractivity contribution in [3.8, 4) is 0 Å². The van der Waals surface area contributed by atoms with E-state index in [1.807, 2.05) is 4.90 Å². The number of halogens is 3. The molecule has 2 atom stereocenters. The molecule has 2 heterocycles. The Morgan fingerprint density at radius 1 is 1.30 bits per heavy atom. The standard InChI is InChI=1S/C12H14F3N5/c13-12(14,15)8-3-1-2-4-9(8)18-10-6-20-7-17-19-11(20)5-16-10/h1-4,7,10-11,16,18-19H,5-6H2. The van der Waals surface area contributed by atoms with Crippen LogP contribution in [0.1, 0.15) is 5.56 Å². The number of para-hydroxylation sites is 1. The number of benzene rings is 1. The Kier molecular flexibility index (Phi) is 3.17. The van der Waals surface area contributed by atoms with E-state index in [0.29, 0.717) is 13.1 Å². The number of fused-ring (bicyclic) bond motifs is 1. The van der Waals surface area contributed by atoms with Gasteiger partial charge in [0.25, 0.3) is 0 Å². The van der Waals surface area contributed by atoms with Crippen LogP contribution in [0, 0.1) is 0 Å². The summed E-state index contributed by atoms with van der Waals surface area (Å²) in [6, 6.07) is 5.48. The molecule has 2 aliphatic heterocycles. The van der Waals surface area contributed by atoms with Crippen LogP contribution < -0.4 is 16.1 Å². The fraction of sp³-hybridized carbons (Fsp3) is 0.417. The molecule has 1 fully saturated rings. The average Bonchev–Trinajstić information content (AvgIpc) is 2.85. The van der Waals surface area contributed by atoms with Gasteiger partial charge in [0, 0.05) is 12.2 Å². The Morgan fingerprint density at radius 2 is 2.10 bits per heavy atom. The van der Waals surface area contributed by atoms with Crippen molar-refractivity contribution in [2.75, 3.05) is 18.4 Å². The van der Waals surface area contributed by atoms with E-state index in [1.54, 1.807) is 12.4 Å². The van der Waals surface area contributed by atoms with Crippen LogP contribution in [0.4, 0.5) is 18.9 Å². The van der Waals surface area contributed by atoms with Gasteiger partial charge in [-0.15, -0.1) is 0 Å². The lowest BCUT2D eigenvalue weighted by Gasteiger charge is -2.36. The van der Waals surface area contributed by atoms with Crippen molar-refractivity contribution >= 4 is 12.0 Å². The van der Waals surface area contributed by atoms with Crippen molar-refractivity contribution < 1.29 is 13.2 Å². The first-order valence-electron chi connectivity index (χ1n) is 6.24. The molecular weight excluding hydrogens is 271 g/mol. The van der Waals surface area contributed by atoms with Gasteiger partial charge in [-0.3, -0.25) is 10.7 Å². The Hall–Kier alpha value is -1.96. The van der Waals surface area contributed by atoms with Crippen LogP contribution in [0.3, 0.4) is 0 Å². The van der Waals surface area contributed by atoms with E-state index in [0.717, 1.165) is 6.07 Å². The minimum atomic E-state index is -4.36. The Morgan fingerprint density at radius 3 is 2.90 bits per heavy atom. The summed E-state index contributed by atoms with van der Waals surface area (Å²) >= 11 is 0. The van der Waals surface area contributed by atoms with E-state index in [1.165, 1.54) is 12.1 Å². The van der Waals surface area contributed by atoms with Crippen molar-refractivity contribution in [1.29, 1.82) is 0 Å². The number of nitrogens with zero attached hydrogens (tertiary/aromatic N) is 2. The van der Waals surface area contributed by atoms with Crippen LogP contribution in [0.5, 0.6) is 0 Å². The zero-order valence-electron chi connectivity index (χ0n) is 10.5. The summed E-state index contributed by atoms with van der Waals surface area (Å²) in [6.07, 6.45) is -2.89. The quantitative estimate of drug-likeness (QED) is 0.765. The number of nitrogens with one attached hydrogen (secondary N) is 3. The molecule has 20 heavy (non-hydrogen) atoms. The van der Waals surface area contributed by atoms with Gasteiger partial charge in [0.15, 0.2) is 0 Å². The molecule has 0 bridgehead atoms. The SMILES string of the molecule is FC(F)(F)c1ccccc1NC1CN2C=NNC2CN1. The van der Waals surface area contributed by atoms with Crippen molar-refractivity contribution in [2.45, 2.75) is 18.5 Å². The predicted molar refractivity (Wildman–Crippen MR) is 69.0 cm³/mol. The molecule has 0 radical (unpaired) electrons. The van der Waals surface area contributed by atoms with Crippen LogP contribution in [-0.4, -0.2) is 36.7 Å². The highest BCUT2D eigenvalue weighted by molar-refractivity contribution is 5.58. The largest absolute Gasteiger partial charge is 0.418 e. The van der Waals surface area contributed by atoms with E-state index in [4.69, 9.17) is 0 Å². The molecule has 1 aromatic carbocycles. The van der Waals surface area contributed by atoms with Gasteiger partial charge in [-0.25, -0.2) is 0 Å². The summed E-state index contributed by atoms with van der Waals surface area (Å²) < 4.78 is 38.7. The second-order valence-corrected chi connectivity index (χ2v) is 4.73. The van der Waals surface area contributed by atoms with Crippen LogP contribution in [-0.2, 0) is 6.18 Å². The molecule has 2 unspecified atom stereocenters. The van der Waals surface area contributed by atoms with E-state index < -0.39 is 11.7 Å². The number of rotatable bonds is 2. The summed E-state index contributed by atoms with van der Waals surface area (Å²) in [5.74, 6) is 0. The zero-order valence-corrected chi connectivity index (χ0v) is 10.5. The normalized spacial score (nSPS) is 25.2. The fourth-order valence-electron chi connectivity index (χ4n) is 2.36. The minimum Gasteiger partial charge on any atom is -0.368 e. The summed E-state index contributed by atoms with van der Waals surface area (Å²) in [4.78, 5) is 1.95. The maximum absolute atomic E-state index is 12.9. The average molecular weight is 285 g/mol. The Labute approximate surface area is 113 Å². The van der Waals surface area contributed by atoms with Crippen LogP contribution >= 0.6 is 0 Å². The van der Waals surface area contributed by atoms with Gasteiger partial charge >= 0.3 is 6.18 Å². The molecule has 3 N–H and O–H groups in total. The highest BCUT2D eigenvalue weighted by atomic mass is 19.4. The van der Waals surface area contributed by atoms with Crippen LogP contribution in [0.2, 0.25) is 0 Å². The molecule has 0 amide bonds. The highest BCUT2D eigenvalue weighted by Gasteiger charge is 2.34. The summed E-state index contributed by atoms with van der Waals surface area (Å²) in [7, 11) is 0. The number of alkyl halides is 3. The van der Waals surface area contributed by atoms with Crippen molar-refractivity contribution in [3.05, 3.63) is 29.8 Å². The van der Waals surface area contributed by atoms with Gasteiger partial charge in [0.05, 0.1) is 18.3 Å². The van der Waals surface area contributed by atoms with E-state index in [9.17, 15) is 13.2 Å². The van der Waals surface area contributed by atoms with Crippen LogP contribution in [0.15, 0.2) is 29.4 Å². The molecule has 0 saturated carbocycles. The van der Waals surface area contributed by atoms with Crippen molar-refractivity contribution in [2.24, 2.45) is 5.10 Å². The third kappa shape index (κ3) is 2.51.